The third-order valence-corrected chi connectivity index (χ3v) is 3.67. The third kappa shape index (κ3) is 3.93. The van der Waals surface area contributed by atoms with Crippen LogP contribution in [0.15, 0.2) is 12.1 Å². The molecule has 20 heavy (non-hydrogen) atoms. The molecule has 2 heterocycles. The second-order valence-electron chi connectivity index (χ2n) is 5.15. The highest BCUT2D eigenvalue weighted by Gasteiger charge is 2.11. The van der Waals surface area contributed by atoms with Gasteiger partial charge in [-0.3, -0.25) is 0 Å². The Labute approximate surface area is 120 Å². The van der Waals surface area contributed by atoms with E-state index < -0.39 is 0 Å². The molecular formula is C15H23N3O2. The molecule has 1 aromatic heterocycles. The van der Waals surface area contributed by atoms with E-state index in [1.165, 1.54) is 39.5 Å². The van der Waals surface area contributed by atoms with Gasteiger partial charge in [0, 0.05) is 13.1 Å². The van der Waals surface area contributed by atoms with Gasteiger partial charge in [0.15, 0.2) is 0 Å². The predicted molar refractivity (Wildman–Crippen MR) is 79.1 cm³/mol. The summed E-state index contributed by atoms with van der Waals surface area (Å²) in [6.45, 7) is 6.15. The molecule has 0 atom stereocenters. The van der Waals surface area contributed by atoms with Crippen LogP contribution >= 0.6 is 0 Å². The molecule has 5 nitrogen and oxygen atoms in total. The zero-order chi connectivity index (χ0) is 14.4. The van der Waals surface area contributed by atoms with Crippen LogP contribution in [0.25, 0.3) is 0 Å². The van der Waals surface area contributed by atoms with Gasteiger partial charge in [0.25, 0.3) is 0 Å². The lowest BCUT2D eigenvalue weighted by Gasteiger charge is -2.26. The first-order valence-corrected chi connectivity index (χ1v) is 7.23. The highest BCUT2D eigenvalue weighted by molar-refractivity contribution is 5.90. The minimum Gasteiger partial charge on any atom is -0.465 e. The van der Waals surface area contributed by atoms with Gasteiger partial charge in [0.2, 0.25) is 0 Å². The first-order valence-electron chi connectivity index (χ1n) is 7.23. The van der Waals surface area contributed by atoms with E-state index in [-0.39, 0.29) is 5.97 Å². The molecule has 110 valence electrons. The van der Waals surface area contributed by atoms with Crippen LogP contribution in [-0.4, -0.2) is 49.1 Å². The molecule has 1 aliphatic heterocycles. The third-order valence-electron chi connectivity index (χ3n) is 3.67. The van der Waals surface area contributed by atoms with Crippen molar-refractivity contribution in [1.82, 2.24) is 9.88 Å². The summed E-state index contributed by atoms with van der Waals surface area (Å²) in [5.41, 5.74) is 1.22. The summed E-state index contributed by atoms with van der Waals surface area (Å²) in [6, 6.07) is 3.59. The van der Waals surface area contributed by atoms with Crippen molar-refractivity contribution in [3.05, 3.63) is 23.4 Å². The van der Waals surface area contributed by atoms with Gasteiger partial charge in [-0.2, -0.15) is 0 Å². The molecule has 1 N–H and O–H groups in total. The van der Waals surface area contributed by atoms with Crippen LogP contribution in [0, 0.1) is 6.92 Å². The van der Waals surface area contributed by atoms with Gasteiger partial charge in [-0.1, -0.05) is 6.42 Å². The fourth-order valence-corrected chi connectivity index (χ4v) is 2.51. The number of rotatable bonds is 5. The number of aromatic nitrogens is 1. The molecule has 0 aromatic carbocycles. The highest BCUT2D eigenvalue weighted by Crippen LogP contribution is 2.12. The van der Waals surface area contributed by atoms with E-state index in [9.17, 15) is 4.79 Å². The molecule has 0 spiro atoms. The molecule has 1 saturated heterocycles. The topological polar surface area (TPSA) is 54.5 Å². The maximum Gasteiger partial charge on any atom is 0.339 e. The van der Waals surface area contributed by atoms with E-state index in [4.69, 9.17) is 4.74 Å². The number of ether oxygens (including phenoxy) is 1. The lowest BCUT2D eigenvalue weighted by molar-refractivity contribution is 0.0599. The smallest absolute Gasteiger partial charge is 0.339 e. The van der Waals surface area contributed by atoms with Crippen LogP contribution in [0.4, 0.5) is 5.82 Å². The summed E-state index contributed by atoms with van der Waals surface area (Å²) < 4.78 is 4.71. The summed E-state index contributed by atoms with van der Waals surface area (Å²) in [5, 5.41) is 3.31. The molecule has 0 bridgehead atoms. The molecule has 1 fully saturated rings. The zero-order valence-corrected chi connectivity index (χ0v) is 12.3. The van der Waals surface area contributed by atoms with Gasteiger partial charge in [0.1, 0.15) is 5.82 Å². The molecule has 0 radical (unpaired) electrons. The molecular weight excluding hydrogens is 254 g/mol. The van der Waals surface area contributed by atoms with Crippen molar-refractivity contribution < 1.29 is 9.53 Å². The number of hydrogen-bond acceptors (Lipinski definition) is 5. The summed E-state index contributed by atoms with van der Waals surface area (Å²) in [6.07, 6.45) is 3.98. The number of carbonyl (C=O) groups excluding carboxylic acids is 1. The summed E-state index contributed by atoms with van der Waals surface area (Å²) >= 11 is 0. The number of anilines is 1. The van der Waals surface area contributed by atoms with Gasteiger partial charge in [0.05, 0.1) is 18.4 Å². The van der Waals surface area contributed by atoms with E-state index in [2.05, 4.69) is 15.2 Å². The largest absolute Gasteiger partial charge is 0.465 e. The number of likely N-dealkylation sites (tertiary alicyclic amines) is 1. The van der Waals surface area contributed by atoms with E-state index >= 15 is 0 Å². The van der Waals surface area contributed by atoms with Crippen molar-refractivity contribution in [2.75, 3.05) is 38.6 Å². The number of piperidine rings is 1. The second-order valence-corrected chi connectivity index (χ2v) is 5.15. The fraction of sp³-hybridized carbons (Fsp3) is 0.600. The van der Waals surface area contributed by atoms with Crippen LogP contribution in [-0.2, 0) is 4.74 Å². The average Bonchev–Trinajstić information content (AvgIpc) is 2.48. The van der Waals surface area contributed by atoms with Crippen molar-refractivity contribution in [3.8, 4) is 0 Å². The predicted octanol–water partition coefficient (Wildman–Crippen LogP) is 2.07. The molecule has 2 rings (SSSR count). The van der Waals surface area contributed by atoms with Crippen molar-refractivity contribution in [3.63, 3.8) is 0 Å². The first-order chi connectivity index (χ1) is 9.70. The Morgan fingerprint density at radius 1 is 1.35 bits per heavy atom. The van der Waals surface area contributed by atoms with Crippen LogP contribution in [0.2, 0.25) is 0 Å². The van der Waals surface area contributed by atoms with Gasteiger partial charge in [-0.05, 0) is 45.0 Å². The van der Waals surface area contributed by atoms with Gasteiger partial charge >= 0.3 is 5.97 Å². The Balaban J connectivity index is 1.84. The van der Waals surface area contributed by atoms with Crippen molar-refractivity contribution in [2.45, 2.75) is 26.2 Å². The normalized spacial score (nSPS) is 15.9. The number of nitrogens with zero attached hydrogens (tertiary/aromatic N) is 2. The van der Waals surface area contributed by atoms with Crippen LogP contribution in [0.5, 0.6) is 0 Å². The molecule has 0 saturated carbocycles. The number of carbonyl (C=O) groups is 1. The molecule has 1 aliphatic rings. The molecule has 0 aliphatic carbocycles. The fourth-order valence-electron chi connectivity index (χ4n) is 2.51. The molecule has 1 aromatic rings. The minimum absolute atomic E-state index is 0.338. The van der Waals surface area contributed by atoms with Gasteiger partial charge in [-0.15, -0.1) is 0 Å². The average molecular weight is 277 g/mol. The first kappa shape index (κ1) is 14.8. The zero-order valence-electron chi connectivity index (χ0n) is 12.3. The standard InChI is InChI=1S/C15H23N3O2/c1-12-13(15(19)20-2)6-7-14(17-12)16-8-11-18-9-4-3-5-10-18/h6-7H,3-5,8-11H2,1-2H3,(H,16,17). The van der Waals surface area contributed by atoms with Crippen LogP contribution in [0.3, 0.4) is 0 Å². The Kier molecular flexibility index (Phi) is 5.35. The lowest BCUT2D eigenvalue weighted by Crippen LogP contribution is -2.33. The molecule has 5 heteroatoms. The monoisotopic (exact) mass is 277 g/mol. The Hall–Kier alpha value is -1.62. The van der Waals surface area contributed by atoms with Crippen molar-refractivity contribution in [1.29, 1.82) is 0 Å². The van der Waals surface area contributed by atoms with Crippen molar-refractivity contribution in [2.24, 2.45) is 0 Å². The van der Waals surface area contributed by atoms with Crippen molar-refractivity contribution >= 4 is 11.8 Å². The Morgan fingerprint density at radius 3 is 2.75 bits per heavy atom. The summed E-state index contributed by atoms with van der Waals surface area (Å²) in [4.78, 5) is 18.3. The van der Waals surface area contributed by atoms with E-state index in [1.807, 2.05) is 13.0 Å². The summed E-state index contributed by atoms with van der Waals surface area (Å²) in [7, 11) is 1.38. The van der Waals surface area contributed by atoms with E-state index in [0.717, 1.165) is 18.9 Å². The minimum atomic E-state index is -0.338. The quantitative estimate of drug-likeness (QED) is 0.835. The van der Waals surface area contributed by atoms with Gasteiger partial charge < -0.3 is 15.0 Å². The summed E-state index contributed by atoms with van der Waals surface area (Å²) in [5.74, 6) is 0.474. The Bertz CT molecular complexity index is 456. The van der Waals surface area contributed by atoms with Crippen LogP contribution in [0.1, 0.15) is 35.3 Å². The number of pyridine rings is 1. The van der Waals surface area contributed by atoms with Gasteiger partial charge in [-0.25, -0.2) is 9.78 Å². The lowest BCUT2D eigenvalue weighted by atomic mass is 10.1. The number of hydrogen-bond donors (Lipinski definition) is 1. The molecule has 0 unspecified atom stereocenters. The maximum absolute atomic E-state index is 11.5. The number of methoxy groups -OCH3 is 1. The number of aryl methyl sites for hydroxylation is 1. The SMILES string of the molecule is COC(=O)c1ccc(NCCN2CCCCC2)nc1C. The number of nitrogens with one attached hydrogen (secondary N) is 1. The maximum atomic E-state index is 11.5. The number of esters is 1. The van der Waals surface area contributed by atoms with E-state index in [1.54, 1.807) is 6.07 Å². The van der Waals surface area contributed by atoms with E-state index in [0.29, 0.717) is 11.3 Å². The Morgan fingerprint density at radius 2 is 2.10 bits per heavy atom. The second kappa shape index (κ2) is 7.24. The molecule has 0 amide bonds. The highest BCUT2D eigenvalue weighted by atomic mass is 16.5. The van der Waals surface area contributed by atoms with Crippen LogP contribution < -0.4 is 5.32 Å².